The van der Waals surface area contributed by atoms with Crippen molar-refractivity contribution in [2.75, 3.05) is 0 Å². The Morgan fingerprint density at radius 2 is 2.00 bits per heavy atom. The van der Waals surface area contributed by atoms with Gasteiger partial charge in [0.1, 0.15) is 5.76 Å². The van der Waals surface area contributed by atoms with E-state index < -0.39 is 7.12 Å². The van der Waals surface area contributed by atoms with Crippen LogP contribution in [0.1, 0.15) is 31.2 Å². The molecule has 1 aromatic rings. The molecule has 0 fully saturated rings. The van der Waals surface area contributed by atoms with Crippen LogP contribution in [0.3, 0.4) is 0 Å². The van der Waals surface area contributed by atoms with Crippen LogP contribution in [0.4, 0.5) is 0 Å². The van der Waals surface area contributed by atoms with Crippen LogP contribution in [0, 0.1) is 6.92 Å². The van der Waals surface area contributed by atoms with Crippen molar-refractivity contribution in [1.29, 1.82) is 0 Å². The van der Waals surface area contributed by atoms with Crippen LogP contribution in [0.5, 0.6) is 0 Å². The Labute approximate surface area is 71.3 Å². The third kappa shape index (κ3) is 1.51. The first-order chi connectivity index (χ1) is 5.54. The summed E-state index contributed by atoms with van der Waals surface area (Å²) in [5.41, 5.74) is 0.929. The van der Waals surface area contributed by atoms with Gasteiger partial charge in [-0.3, -0.25) is 0 Å². The molecule has 1 rings (SSSR count). The molecule has 0 aromatic carbocycles. The second-order valence-corrected chi connectivity index (χ2v) is 3.07. The highest BCUT2D eigenvalue weighted by atomic mass is 16.5. The monoisotopic (exact) mass is 169 g/mol. The highest BCUT2D eigenvalue weighted by molar-refractivity contribution is 6.59. The van der Waals surface area contributed by atoms with E-state index in [4.69, 9.17) is 14.6 Å². The molecule has 1 heterocycles. The van der Waals surface area contributed by atoms with Crippen LogP contribution in [-0.4, -0.2) is 22.3 Å². The van der Waals surface area contributed by atoms with Crippen molar-refractivity contribution in [3.63, 3.8) is 0 Å². The number of aromatic nitrogens is 1. The fraction of sp³-hybridized carbons (Fsp3) is 0.571. The molecule has 2 N–H and O–H groups in total. The minimum Gasteiger partial charge on any atom is -0.423 e. The minimum absolute atomic E-state index is 0.114. The zero-order valence-electron chi connectivity index (χ0n) is 7.40. The standard InChI is InChI=1S/C7H12BNO3/c1-4(2)7-6(8(10)11)5(3)9-12-7/h4,10-11H,1-3H3. The average Bonchev–Trinajstić information content (AvgIpc) is 2.30. The van der Waals surface area contributed by atoms with Gasteiger partial charge >= 0.3 is 7.12 Å². The van der Waals surface area contributed by atoms with Gasteiger partial charge in [0, 0.05) is 11.4 Å². The molecule has 66 valence electrons. The topological polar surface area (TPSA) is 66.5 Å². The number of hydrogen-bond donors (Lipinski definition) is 2. The van der Waals surface area contributed by atoms with E-state index in [0.717, 1.165) is 0 Å². The quantitative estimate of drug-likeness (QED) is 0.601. The van der Waals surface area contributed by atoms with Crippen LogP contribution < -0.4 is 5.46 Å². The van der Waals surface area contributed by atoms with Gasteiger partial charge in [-0.1, -0.05) is 19.0 Å². The van der Waals surface area contributed by atoms with E-state index in [9.17, 15) is 0 Å². The maximum absolute atomic E-state index is 8.98. The Hall–Kier alpha value is -0.805. The SMILES string of the molecule is Cc1noc(C(C)C)c1B(O)O. The molecule has 0 saturated carbocycles. The molecular weight excluding hydrogens is 157 g/mol. The number of hydrogen-bond acceptors (Lipinski definition) is 4. The smallest absolute Gasteiger partial charge is 0.423 e. The average molecular weight is 169 g/mol. The van der Waals surface area contributed by atoms with Gasteiger partial charge in [-0.05, 0) is 6.92 Å². The molecule has 0 amide bonds. The molecule has 5 heteroatoms. The first kappa shape index (κ1) is 9.28. The summed E-state index contributed by atoms with van der Waals surface area (Å²) in [4.78, 5) is 0. The Bertz CT molecular complexity index is 270. The summed E-state index contributed by atoms with van der Waals surface area (Å²) >= 11 is 0. The van der Waals surface area contributed by atoms with Crippen LogP contribution in [0.2, 0.25) is 0 Å². The largest absolute Gasteiger partial charge is 0.494 e. The van der Waals surface area contributed by atoms with Crippen molar-refractivity contribution in [1.82, 2.24) is 5.16 Å². The molecule has 0 aliphatic heterocycles. The highest BCUT2D eigenvalue weighted by Gasteiger charge is 2.25. The third-order valence-electron chi connectivity index (χ3n) is 1.72. The van der Waals surface area contributed by atoms with E-state index in [1.165, 1.54) is 0 Å². The van der Waals surface area contributed by atoms with Crippen molar-refractivity contribution in [2.24, 2.45) is 0 Å². The molecule has 0 bridgehead atoms. The lowest BCUT2D eigenvalue weighted by Crippen LogP contribution is -2.33. The molecular formula is C7H12BNO3. The van der Waals surface area contributed by atoms with E-state index in [1.54, 1.807) is 6.92 Å². The van der Waals surface area contributed by atoms with Gasteiger partial charge in [-0.2, -0.15) is 0 Å². The lowest BCUT2D eigenvalue weighted by molar-refractivity contribution is 0.367. The predicted molar refractivity (Wildman–Crippen MR) is 45.2 cm³/mol. The van der Waals surface area contributed by atoms with E-state index >= 15 is 0 Å². The lowest BCUT2D eigenvalue weighted by atomic mass is 9.77. The van der Waals surface area contributed by atoms with Crippen LogP contribution in [0.15, 0.2) is 4.52 Å². The minimum atomic E-state index is -1.49. The van der Waals surface area contributed by atoms with Gasteiger partial charge in [0.2, 0.25) is 0 Å². The summed E-state index contributed by atoms with van der Waals surface area (Å²) in [7, 11) is -1.49. The Morgan fingerprint density at radius 3 is 2.33 bits per heavy atom. The van der Waals surface area contributed by atoms with Crippen molar-refractivity contribution >= 4 is 12.6 Å². The summed E-state index contributed by atoms with van der Waals surface area (Å²) in [6.07, 6.45) is 0. The molecule has 0 atom stereocenters. The van der Waals surface area contributed by atoms with Crippen molar-refractivity contribution in [3.8, 4) is 0 Å². The van der Waals surface area contributed by atoms with E-state index in [1.807, 2.05) is 13.8 Å². The molecule has 12 heavy (non-hydrogen) atoms. The summed E-state index contributed by atoms with van der Waals surface area (Å²) in [6, 6.07) is 0. The van der Waals surface area contributed by atoms with Crippen molar-refractivity contribution in [3.05, 3.63) is 11.5 Å². The molecule has 0 spiro atoms. The van der Waals surface area contributed by atoms with Crippen LogP contribution >= 0.6 is 0 Å². The Balaban J connectivity index is 3.12. The van der Waals surface area contributed by atoms with E-state index in [2.05, 4.69) is 5.16 Å². The summed E-state index contributed by atoms with van der Waals surface area (Å²) in [5.74, 6) is 0.658. The predicted octanol–water partition coefficient (Wildman–Crippen LogP) is -0.214. The molecule has 4 nitrogen and oxygen atoms in total. The fourth-order valence-electron chi connectivity index (χ4n) is 1.12. The molecule has 1 aromatic heterocycles. The van der Waals surface area contributed by atoms with Gasteiger partial charge in [-0.25, -0.2) is 0 Å². The van der Waals surface area contributed by atoms with Crippen LogP contribution in [0.25, 0.3) is 0 Å². The Morgan fingerprint density at radius 1 is 1.42 bits per heavy atom. The second kappa shape index (κ2) is 3.29. The van der Waals surface area contributed by atoms with E-state index in [-0.39, 0.29) is 5.92 Å². The molecule has 0 aliphatic rings. The zero-order valence-corrected chi connectivity index (χ0v) is 7.40. The maximum Gasteiger partial charge on any atom is 0.494 e. The maximum atomic E-state index is 8.98. The first-order valence-electron chi connectivity index (χ1n) is 3.86. The lowest BCUT2D eigenvalue weighted by Gasteiger charge is -2.02. The number of aryl methyl sites for hydroxylation is 1. The van der Waals surface area contributed by atoms with Gasteiger partial charge in [0.15, 0.2) is 0 Å². The molecule has 0 unspecified atom stereocenters. The van der Waals surface area contributed by atoms with Crippen molar-refractivity contribution in [2.45, 2.75) is 26.7 Å². The van der Waals surface area contributed by atoms with Gasteiger partial charge in [-0.15, -0.1) is 0 Å². The van der Waals surface area contributed by atoms with Gasteiger partial charge < -0.3 is 14.6 Å². The summed E-state index contributed by atoms with van der Waals surface area (Å²) < 4.78 is 4.95. The van der Waals surface area contributed by atoms with Crippen molar-refractivity contribution < 1.29 is 14.6 Å². The second-order valence-electron chi connectivity index (χ2n) is 3.07. The number of rotatable bonds is 2. The molecule has 0 saturated heterocycles. The molecule has 0 aliphatic carbocycles. The van der Waals surface area contributed by atoms with Crippen LogP contribution in [-0.2, 0) is 0 Å². The van der Waals surface area contributed by atoms with Gasteiger partial charge in [0.05, 0.1) is 5.69 Å². The Kier molecular flexibility index (Phi) is 2.54. The molecule has 0 radical (unpaired) electrons. The summed E-state index contributed by atoms with van der Waals surface area (Å²) in [5, 5.41) is 21.6. The third-order valence-corrected chi connectivity index (χ3v) is 1.72. The highest BCUT2D eigenvalue weighted by Crippen LogP contribution is 2.12. The summed E-state index contributed by atoms with van der Waals surface area (Å²) in [6.45, 7) is 5.50. The zero-order chi connectivity index (χ0) is 9.30. The first-order valence-corrected chi connectivity index (χ1v) is 3.86. The normalized spacial score (nSPS) is 10.8. The van der Waals surface area contributed by atoms with Gasteiger partial charge in [0.25, 0.3) is 0 Å². The fourth-order valence-corrected chi connectivity index (χ4v) is 1.12. The number of nitrogens with zero attached hydrogens (tertiary/aromatic N) is 1. The van der Waals surface area contributed by atoms with E-state index in [0.29, 0.717) is 16.9 Å².